The van der Waals surface area contributed by atoms with Gasteiger partial charge in [-0.15, -0.1) is 0 Å². The van der Waals surface area contributed by atoms with Crippen LogP contribution < -0.4 is 10.2 Å². The zero-order valence-electron chi connectivity index (χ0n) is 10.3. The first-order valence-corrected chi connectivity index (χ1v) is 6.64. The molecule has 0 aromatic carbocycles. The molecule has 1 aliphatic carbocycles. The van der Waals surface area contributed by atoms with Gasteiger partial charge in [-0.25, -0.2) is 9.97 Å². The van der Waals surface area contributed by atoms with E-state index in [1.807, 2.05) is 6.20 Å². The normalized spacial score (nSPS) is 22.3. The Labute approximate surface area is 106 Å². The molecule has 4 rings (SSSR count). The van der Waals surface area contributed by atoms with Crippen LogP contribution in [0.25, 0.3) is 11.0 Å². The van der Waals surface area contributed by atoms with E-state index < -0.39 is 0 Å². The summed E-state index contributed by atoms with van der Waals surface area (Å²) in [6, 6.07) is 2.07. The maximum absolute atomic E-state index is 4.50. The van der Waals surface area contributed by atoms with Crippen molar-refractivity contribution < 1.29 is 0 Å². The molecule has 1 saturated heterocycles. The van der Waals surface area contributed by atoms with E-state index in [-0.39, 0.29) is 0 Å². The molecule has 2 N–H and O–H groups in total. The minimum Gasteiger partial charge on any atom is -0.354 e. The van der Waals surface area contributed by atoms with Crippen LogP contribution in [0.5, 0.6) is 0 Å². The second kappa shape index (κ2) is 3.68. The zero-order valence-corrected chi connectivity index (χ0v) is 10.3. The van der Waals surface area contributed by atoms with Crippen LogP contribution in [-0.2, 0) is 0 Å². The number of rotatable bonds is 1. The fourth-order valence-corrected chi connectivity index (χ4v) is 2.90. The molecule has 0 atom stereocenters. The quantitative estimate of drug-likeness (QED) is 0.792. The first-order valence-electron chi connectivity index (χ1n) is 6.64. The van der Waals surface area contributed by atoms with Gasteiger partial charge < -0.3 is 15.2 Å². The summed E-state index contributed by atoms with van der Waals surface area (Å²) in [5.41, 5.74) is 1.30. The molecule has 0 amide bonds. The standard InChI is InChI=1S/C13H17N5/c1-5-17-13(3-4-13)8-18(7-1)12-10-2-6-14-11(10)15-9-16-12/h2,6,9,17H,1,3-5,7-8H2,(H,14,15,16). The smallest absolute Gasteiger partial charge is 0.142 e. The van der Waals surface area contributed by atoms with Crippen molar-refractivity contribution >= 4 is 16.9 Å². The van der Waals surface area contributed by atoms with Crippen molar-refractivity contribution in [1.82, 2.24) is 20.3 Å². The number of hydrogen-bond donors (Lipinski definition) is 2. The van der Waals surface area contributed by atoms with Gasteiger partial charge in [0.15, 0.2) is 0 Å². The largest absolute Gasteiger partial charge is 0.354 e. The number of nitrogens with one attached hydrogen (secondary N) is 2. The Bertz CT molecular complexity index is 572. The zero-order chi connectivity index (χ0) is 12.0. The number of hydrogen-bond acceptors (Lipinski definition) is 4. The fraction of sp³-hybridized carbons (Fsp3) is 0.538. The van der Waals surface area contributed by atoms with Gasteiger partial charge >= 0.3 is 0 Å². The molecule has 2 fully saturated rings. The number of fused-ring (bicyclic) bond motifs is 1. The molecule has 5 heteroatoms. The van der Waals surface area contributed by atoms with Gasteiger partial charge in [-0.1, -0.05) is 0 Å². The highest BCUT2D eigenvalue weighted by molar-refractivity contribution is 5.87. The minimum atomic E-state index is 0.365. The maximum Gasteiger partial charge on any atom is 0.142 e. The predicted octanol–water partition coefficient (Wildman–Crippen LogP) is 1.29. The van der Waals surface area contributed by atoms with Crippen LogP contribution >= 0.6 is 0 Å². The van der Waals surface area contributed by atoms with Gasteiger partial charge in [0, 0.05) is 24.8 Å². The van der Waals surface area contributed by atoms with E-state index in [0.29, 0.717) is 5.54 Å². The first-order chi connectivity index (χ1) is 8.86. The summed E-state index contributed by atoms with van der Waals surface area (Å²) in [4.78, 5) is 14.3. The summed E-state index contributed by atoms with van der Waals surface area (Å²) >= 11 is 0. The van der Waals surface area contributed by atoms with E-state index in [9.17, 15) is 0 Å². The van der Waals surface area contributed by atoms with Gasteiger partial charge in [0.1, 0.15) is 17.8 Å². The number of aromatic amines is 1. The molecular formula is C13H17N5. The van der Waals surface area contributed by atoms with Crippen molar-refractivity contribution in [2.75, 3.05) is 24.5 Å². The molecule has 2 aromatic rings. The summed E-state index contributed by atoms with van der Waals surface area (Å²) in [6.45, 7) is 3.27. The molecule has 5 nitrogen and oxygen atoms in total. The van der Waals surface area contributed by atoms with Gasteiger partial charge in [0.05, 0.1) is 5.39 Å². The Balaban J connectivity index is 1.74. The molecule has 0 bridgehead atoms. The lowest BCUT2D eigenvalue weighted by Gasteiger charge is -2.25. The summed E-state index contributed by atoms with van der Waals surface area (Å²) in [6.07, 6.45) is 7.37. The van der Waals surface area contributed by atoms with E-state index in [4.69, 9.17) is 0 Å². The Morgan fingerprint density at radius 3 is 3.11 bits per heavy atom. The molecule has 0 radical (unpaired) electrons. The molecule has 94 valence electrons. The third-order valence-corrected chi connectivity index (χ3v) is 4.08. The van der Waals surface area contributed by atoms with E-state index >= 15 is 0 Å². The molecule has 3 heterocycles. The number of nitrogens with zero attached hydrogens (tertiary/aromatic N) is 3. The van der Waals surface area contributed by atoms with Crippen LogP contribution in [0.4, 0.5) is 5.82 Å². The summed E-state index contributed by atoms with van der Waals surface area (Å²) in [5.74, 6) is 1.08. The van der Waals surface area contributed by atoms with Crippen molar-refractivity contribution in [3.8, 4) is 0 Å². The van der Waals surface area contributed by atoms with Crippen LogP contribution in [0.2, 0.25) is 0 Å². The maximum atomic E-state index is 4.50. The van der Waals surface area contributed by atoms with Crippen LogP contribution in [-0.4, -0.2) is 40.1 Å². The van der Waals surface area contributed by atoms with E-state index in [1.165, 1.54) is 19.3 Å². The van der Waals surface area contributed by atoms with Crippen LogP contribution in [0.3, 0.4) is 0 Å². The highest BCUT2D eigenvalue weighted by Crippen LogP contribution is 2.38. The lowest BCUT2D eigenvalue weighted by Crippen LogP contribution is -2.40. The van der Waals surface area contributed by atoms with Gasteiger partial charge in [-0.2, -0.15) is 0 Å². The topological polar surface area (TPSA) is 56.8 Å². The van der Waals surface area contributed by atoms with Crippen molar-refractivity contribution in [1.29, 1.82) is 0 Å². The van der Waals surface area contributed by atoms with Crippen LogP contribution in [0, 0.1) is 0 Å². The van der Waals surface area contributed by atoms with Crippen molar-refractivity contribution in [3.63, 3.8) is 0 Å². The Morgan fingerprint density at radius 2 is 2.22 bits per heavy atom. The molecule has 18 heavy (non-hydrogen) atoms. The predicted molar refractivity (Wildman–Crippen MR) is 70.7 cm³/mol. The Hall–Kier alpha value is -1.62. The highest BCUT2D eigenvalue weighted by atomic mass is 15.3. The Kier molecular flexibility index (Phi) is 2.11. The molecular weight excluding hydrogens is 226 g/mol. The Morgan fingerprint density at radius 1 is 1.28 bits per heavy atom. The minimum absolute atomic E-state index is 0.365. The van der Waals surface area contributed by atoms with Gasteiger partial charge in [-0.05, 0) is 31.9 Å². The molecule has 1 spiro atoms. The third kappa shape index (κ3) is 1.58. The molecule has 1 saturated carbocycles. The van der Waals surface area contributed by atoms with Crippen molar-refractivity contribution in [2.24, 2.45) is 0 Å². The lowest BCUT2D eigenvalue weighted by atomic mass is 10.2. The fourth-order valence-electron chi connectivity index (χ4n) is 2.90. The van der Waals surface area contributed by atoms with Gasteiger partial charge in [0.25, 0.3) is 0 Å². The monoisotopic (exact) mass is 243 g/mol. The second-order valence-electron chi connectivity index (χ2n) is 5.42. The lowest BCUT2D eigenvalue weighted by molar-refractivity contribution is 0.531. The van der Waals surface area contributed by atoms with Gasteiger partial charge in [-0.3, -0.25) is 0 Å². The summed E-state index contributed by atoms with van der Waals surface area (Å²) in [7, 11) is 0. The number of anilines is 1. The van der Waals surface area contributed by atoms with E-state index in [1.54, 1.807) is 6.33 Å². The van der Waals surface area contributed by atoms with Crippen molar-refractivity contribution in [3.05, 3.63) is 18.6 Å². The highest BCUT2D eigenvalue weighted by Gasteiger charge is 2.44. The molecule has 2 aromatic heterocycles. The molecule has 1 aliphatic heterocycles. The first kappa shape index (κ1) is 10.3. The summed E-state index contributed by atoms with van der Waals surface area (Å²) in [5, 5.41) is 4.82. The average Bonchev–Trinajstić information content (AvgIpc) is 3.05. The van der Waals surface area contributed by atoms with Crippen LogP contribution in [0.15, 0.2) is 18.6 Å². The number of aromatic nitrogens is 3. The van der Waals surface area contributed by atoms with E-state index in [2.05, 4.69) is 31.2 Å². The third-order valence-electron chi connectivity index (χ3n) is 4.08. The molecule has 2 aliphatic rings. The molecule has 0 unspecified atom stereocenters. The van der Waals surface area contributed by atoms with Crippen LogP contribution in [0.1, 0.15) is 19.3 Å². The summed E-state index contributed by atoms with van der Waals surface area (Å²) < 4.78 is 0. The average molecular weight is 243 g/mol. The van der Waals surface area contributed by atoms with E-state index in [0.717, 1.165) is 36.5 Å². The number of H-pyrrole nitrogens is 1. The van der Waals surface area contributed by atoms with Gasteiger partial charge in [0.2, 0.25) is 0 Å². The SMILES string of the molecule is c1nc(N2CCCNC3(CC3)C2)c2cc[nH]c2n1. The second-order valence-corrected chi connectivity index (χ2v) is 5.42. The van der Waals surface area contributed by atoms with Crippen molar-refractivity contribution in [2.45, 2.75) is 24.8 Å².